The van der Waals surface area contributed by atoms with Crippen LogP contribution in [0.4, 0.5) is 0 Å². The molecule has 1 fully saturated rings. The molecule has 1 saturated heterocycles. The van der Waals surface area contributed by atoms with Gasteiger partial charge in [-0.15, -0.1) is 0 Å². The largest absolute Gasteiger partial charge is 0.461 e. The summed E-state index contributed by atoms with van der Waals surface area (Å²) in [5, 5.41) is 1.13. The number of nitrogens with two attached hydrogens (primary N) is 1. The summed E-state index contributed by atoms with van der Waals surface area (Å²) in [6.07, 6.45) is 1.21. The number of guanidine groups is 1. The monoisotopic (exact) mass is 243 g/mol. The summed E-state index contributed by atoms with van der Waals surface area (Å²) in [6.45, 7) is 4.62. The molecular formula is C14H17N3O. The molecule has 0 amide bonds. The Morgan fingerprint density at radius 1 is 1.39 bits per heavy atom. The first-order valence-corrected chi connectivity index (χ1v) is 6.27. The van der Waals surface area contributed by atoms with E-state index in [0.29, 0.717) is 12.5 Å². The molecule has 1 aliphatic heterocycles. The molecule has 1 aromatic carbocycles. The van der Waals surface area contributed by atoms with Gasteiger partial charge in [0.2, 0.25) is 0 Å². The van der Waals surface area contributed by atoms with Crippen LogP contribution in [0.2, 0.25) is 0 Å². The first kappa shape index (κ1) is 11.1. The molecule has 0 radical (unpaired) electrons. The highest BCUT2D eigenvalue weighted by molar-refractivity contribution is 5.83. The normalized spacial score (nSPS) is 16.1. The van der Waals surface area contributed by atoms with E-state index in [4.69, 9.17) is 10.2 Å². The first-order valence-electron chi connectivity index (χ1n) is 6.27. The smallest absolute Gasteiger partial charge is 0.191 e. The summed E-state index contributed by atoms with van der Waals surface area (Å²) >= 11 is 0. The molecule has 0 unspecified atom stereocenters. The van der Waals surface area contributed by atoms with Crippen molar-refractivity contribution in [2.45, 2.75) is 19.9 Å². The number of hydrogen-bond donors (Lipinski definition) is 1. The fourth-order valence-corrected chi connectivity index (χ4v) is 2.22. The van der Waals surface area contributed by atoms with Gasteiger partial charge in [-0.25, -0.2) is 4.99 Å². The minimum Gasteiger partial charge on any atom is -0.461 e. The Hall–Kier alpha value is -1.97. The van der Waals surface area contributed by atoms with Crippen LogP contribution in [0.5, 0.6) is 0 Å². The van der Waals surface area contributed by atoms with Crippen LogP contribution in [0.3, 0.4) is 0 Å². The molecule has 3 rings (SSSR count). The molecule has 0 spiro atoms. The van der Waals surface area contributed by atoms with Crippen LogP contribution in [0.15, 0.2) is 33.7 Å². The molecular weight excluding hydrogens is 226 g/mol. The summed E-state index contributed by atoms with van der Waals surface area (Å²) in [5.74, 6) is 1.57. The predicted molar refractivity (Wildman–Crippen MR) is 72.5 cm³/mol. The number of para-hydroxylation sites is 1. The minimum absolute atomic E-state index is 0.588. The van der Waals surface area contributed by atoms with Gasteiger partial charge in [0.05, 0.1) is 6.54 Å². The second kappa shape index (κ2) is 4.37. The number of fused-ring (bicyclic) bond motifs is 1. The topological polar surface area (TPSA) is 54.8 Å². The van der Waals surface area contributed by atoms with E-state index < -0.39 is 0 Å². The summed E-state index contributed by atoms with van der Waals surface area (Å²) in [5.41, 5.74) is 7.99. The Labute approximate surface area is 106 Å². The lowest BCUT2D eigenvalue weighted by Gasteiger charge is -2.31. The summed E-state index contributed by atoms with van der Waals surface area (Å²) in [7, 11) is 0. The number of aliphatic imine (C=N–C) groups is 1. The van der Waals surface area contributed by atoms with Crippen molar-refractivity contribution in [2.75, 3.05) is 13.1 Å². The number of furan rings is 1. The van der Waals surface area contributed by atoms with E-state index in [1.807, 2.05) is 25.1 Å². The highest BCUT2D eigenvalue weighted by Crippen LogP contribution is 2.25. The van der Waals surface area contributed by atoms with Crippen molar-refractivity contribution in [3.8, 4) is 0 Å². The number of rotatable bonds is 2. The molecule has 0 bridgehead atoms. The Morgan fingerprint density at radius 3 is 2.89 bits per heavy atom. The van der Waals surface area contributed by atoms with Gasteiger partial charge in [0.15, 0.2) is 5.96 Å². The van der Waals surface area contributed by atoms with Gasteiger partial charge in [0.1, 0.15) is 11.3 Å². The second-order valence-corrected chi connectivity index (χ2v) is 4.65. The van der Waals surface area contributed by atoms with Crippen molar-refractivity contribution in [1.29, 1.82) is 0 Å². The van der Waals surface area contributed by atoms with Crippen LogP contribution in [0.25, 0.3) is 11.0 Å². The fourth-order valence-electron chi connectivity index (χ4n) is 2.22. The minimum atomic E-state index is 0.588. The molecule has 4 nitrogen and oxygen atoms in total. The second-order valence-electron chi connectivity index (χ2n) is 4.65. The highest BCUT2D eigenvalue weighted by Gasteiger charge is 2.16. The SMILES string of the molecule is Cc1oc2ccccc2c1CN=C(N)N1CCC1. The number of aryl methyl sites for hydroxylation is 1. The summed E-state index contributed by atoms with van der Waals surface area (Å²) in [4.78, 5) is 6.55. The van der Waals surface area contributed by atoms with E-state index >= 15 is 0 Å². The Balaban J connectivity index is 1.87. The molecule has 1 aromatic heterocycles. The van der Waals surface area contributed by atoms with Crippen LogP contribution in [-0.4, -0.2) is 23.9 Å². The zero-order valence-electron chi connectivity index (χ0n) is 10.5. The van der Waals surface area contributed by atoms with Crippen molar-refractivity contribution in [1.82, 2.24) is 4.90 Å². The average molecular weight is 243 g/mol. The van der Waals surface area contributed by atoms with Crippen molar-refractivity contribution in [3.63, 3.8) is 0 Å². The number of benzene rings is 1. The van der Waals surface area contributed by atoms with Crippen molar-refractivity contribution >= 4 is 16.9 Å². The van der Waals surface area contributed by atoms with Crippen molar-refractivity contribution in [2.24, 2.45) is 10.7 Å². The van der Waals surface area contributed by atoms with Gasteiger partial charge in [0.25, 0.3) is 0 Å². The Morgan fingerprint density at radius 2 is 2.17 bits per heavy atom. The maximum atomic E-state index is 5.94. The van der Waals surface area contributed by atoms with Gasteiger partial charge in [-0.3, -0.25) is 0 Å². The fraction of sp³-hybridized carbons (Fsp3) is 0.357. The first-order chi connectivity index (χ1) is 8.75. The molecule has 0 atom stereocenters. The third kappa shape index (κ3) is 1.83. The zero-order chi connectivity index (χ0) is 12.5. The lowest BCUT2D eigenvalue weighted by Crippen LogP contribution is -2.46. The molecule has 4 heteroatoms. The van der Waals surface area contributed by atoms with E-state index in [2.05, 4.69) is 16.0 Å². The number of likely N-dealkylation sites (tertiary alicyclic amines) is 1. The zero-order valence-corrected chi connectivity index (χ0v) is 10.5. The Kier molecular flexibility index (Phi) is 2.70. The van der Waals surface area contributed by atoms with Crippen LogP contribution < -0.4 is 5.73 Å². The third-order valence-corrected chi connectivity index (χ3v) is 3.48. The molecule has 0 saturated carbocycles. The van der Waals surface area contributed by atoms with E-state index in [0.717, 1.165) is 35.4 Å². The Bertz CT molecular complexity index is 596. The van der Waals surface area contributed by atoms with Gasteiger partial charge < -0.3 is 15.1 Å². The van der Waals surface area contributed by atoms with E-state index in [-0.39, 0.29) is 0 Å². The number of nitrogens with zero attached hydrogens (tertiary/aromatic N) is 2. The van der Waals surface area contributed by atoms with Gasteiger partial charge >= 0.3 is 0 Å². The molecule has 2 aromatic rings. The van der Waals surface area contributed by atoms with Crippen molar-refractivity contribution in [3.05, 3.63) is 35.6 Å². The van der Waals surface area contributed by atoms with Crippen LogP contribution >= 0.6 is 0 Å². The molecule has 2 heterocycles. The van der Waals surface area contributed by atoms with Gasteiger partial charge in [0, 0.05) is 24.0 Å². The van der Waals surface area contributed by atoms with Gasteiger partial charge in [-0.05, 0) is 19.4 Å². The molecule has 94 valence electrons. The molecule has 18 heavy (non-hydrogen) atoms. The lowest BCUT2D eigenvalue weighted by molar-refractivity contribution is 0.295. The summed E-state index contributed by atoms with van der Waals surface area (Å²) < 4.78 is 5.71. The molecule has 0 aliphatic carbocycles. The number of hydrogen-bond acceptors (Lipinski definition) is 2. The van der Waals surface area contributed by atoms with E-state index in [9.17, 15) is 0 Å². The van der Waals surface area contributed by atoms with E-state index in [1.54, 1.807) is 0 Å². The maximum Gasteiger partial charge on any atom is 0.191 e. The van der Waals surface area contributed by atoms with E-state index in [1.165, 1.54) is 6.42 Å². The van der Waals surface area contributed by atoms with Gasteiger partial charge in [-0.1, -0.05) is 18.2 Å². The van der Waals surface area contributed by atoms with Crippen LogP contribution in [-0.2, 0) is 6.54 Å². The summed E-state index contributed by atoms with van der Waals surface area (Å²) in [6, 6.07) is 8.04. The van der Waals surface area contributed by atoms with Crippen LogP contribution in [0.1, 0.15) is 17.7 Å². The van der Waals surface area contributed by atoms with Crippen LogP contribution in [0, 0.1) is 6.92 Å². The lowest BCUT2D eigenvalue weighted by atomic mass is 10.1. The van der Waals surface area contributed by atoms with Crippen molar-refractivity contribution < 1.29 is 4.42 Å². The quantitative estimate of drug-likeness (QED) is 0.650. The molecule has 2 N–H and O–H groups in total. The predicted octanol–water partition coefficient (Wildman–Crippen LogP) is 2.26. The standard InChI is InChI=1S/C14H17N3O/c1-10-12(9-16-14(15)17-7-4-8-17)11-5-2-3-6-13(11)18-10/h2-3,5-6H,4,7-9H2,1H3,(H2,15,16). The maximum absolute atomic E-state index is 5.94. The van der Waals surface area contributed by atoms with Gasteiger partial charge in [-0.2, -0.15) is 0 Å². The highest BCUT2D eigenvalue weighted by atomic mass is 16.3. The average Bonchev–Trinajstić information content (AvgIpc) is 2.60. The molecule has 1 aliphatic rings. The third-order valence-electron chi connectivity index (χ3n) is 3.48.